The van der Waals surface area contributed by atoms with E-state index in [-0.39, 0.29) is 57.6 Å². The Hall–Kier alpha value is -7.61. The van der Waals surface area contributed by atoms with Gasteiger partial charge in [0.15, 0.2) is 23.0 Å². The molecular weight excluding hydrogens is 728 g/mol. The van der Waals surface area contributed by atoms with Gasteiger partial charge in [0.25, 0.3) is 17.7 Å². The molecule has 4 rings (SSSR count). The first kappa shape index (κ1) is 41.2. The number of nitriles is 1. The minimum absolute atomic E-state index is 0.00986. The van der Waals surface area contributed by atoms with E-state index in [0.717, 1.165) is 13.2 Å². The zero-order valence-electron chi connectivity index (χ0n) is 30.8. The predicted octanol–water partition coefficient (Wildman–Crippen LogP) is 4.95. The number of hydrogen-bond acceptors (Lipinski definition) is 11. The Morgan fingerprint density at radius 2 is 1.12 bits per heavy atom. The molecule has 1 atom stereocenters. The van der Waals surface area contributed by atoms with Crippen molar-refractivity contribution in [1.82, 2.24) is 5.32 Å². The number of aromatic hydroxyl groups is 2. The number of carboxylic acid groups (broad SMARTS) is 1. The smallest absolute Gasteiger partial charge is 0.339 e. The number of nitrogens with one attached hydrogen (secondary N) is 5. The summed E-state index contributed by atoms with van der Waals surface area (Å²) in [4.78, 5) is 75.8. The lowest BCUT2D eigenvalue weighted by atomic mass is 9.95. The second-order valence-corrected chi connectivity index (χ2v) is 13.0. The zero-order valence-corrected chi connectivity index (χ0v) is 30.8. The van der Waals surface area contributed by atoms with E-state index in [0.29, 0.717) is 5.69 Å². The molecule has 17 heteroatoms. The number of methoxy groups -OCH3 is 2. The fourth-order valence-electron chi connectivity index (χ4n) is 4.99. The van der Waals surface area contributed by atoms with E-state index in [9.17, 15) is 49.3 Å². The van der Waals surface area contributed by atoms with Crippen LogP contribution in [0.2, 0.25) is 0 Å². The van der Waals surface area contributed by atoms with Crippen molar-refractivity contribution in [2.75, 3.05) is 35.5 Å². The van der Waals surface area contributed by atoms with Crippen molar-refractivity contribution in [3.63, 3.8) is 0 Å². The van der Waals surface area contributed by atoms with Crippen LogP contribution in [-0.2, 0) is 9.59 Å². The molecule has 4 aromatic rings. The number of amides is 5. The SMILES string of the molecule is COc1c(NC(=O)c2ccc(NC(=O)c3ccc(NC(=O)C(CC#N)NC(=O)c4ccc(NC(=O)C(C)(C)C)cc4)cc3)c(OC)c2O)ccc(C(=O)O)c1O. The van der Waals surface area contributed by atoms with Gasteiger partial charge >= 0.3 is 5.97 Å². The predicted molar refractivity (Wildman–Crippen MR) is 203 cm³/mol. The molecule has 0 saturated heterocycles. The fourth-order valence-corrected chi connectivity index (χ4v) is 4.99. The highest BCUT2D eigenvalue weighted by Crippen LogP contribution is 2.40. The maximum atomic E-state index is 13.1. The number of carboxylic acids is 1. The highest BCUT2D eigenvalue weighted by Gasteiger charge is 2.25. The van der Waals surface area contributed by atoms with Crippen molar-refractivity contribution < 1.29 is 53.6 Å². The van der Waals surface area contributed by atoms with E-state index >= 15 is 0 Å². The lowest BCUT2D eigenvalue weighted by Gasteiger charge is -2.18. The third-order valence-electron chi connectivity index (χ3n) is 8.06. The molecule has 5 amide bonds. The number of anilines is 4. The molecule has 0 radical (unpaired) electrons. The van der Waals surface area contributed by atoms with Gasteiger partial charge in [-0.15, -0.1) is 0 Å². The van der Waals surface area contributed by atoms with E-state index in [1.54, 1.807) is 32.9 Å². The largest absolute Gasteiger partial charge is 0.504 e. The standard InChI is InChI=1S/C39H38N6O11/c1-39(2,3)38(54)42-23-12-8-21(9-13-23)34(49)45-28(18-19-40)36(51)41-22-10-6-20(7-11-22)33(48)43-26-16-14-24(29(46)31(26)55-4)35(50)44-27-17-15-25(37(52)53)30(47)32(27)56-5/h6-17,28,46-47H,18H2,1-5H3,(H,41,51)(H,42,54)(H,43,48)(H,44,50)(H,45,49)(H,52,53). The van der Waals surface area contributed by atoms with E-state index in [4.69, 9.17) is 9.47 Å². The molecule has 0 aromatic heterocycles. The number of ether oxygens (including phenoxy) is 2. The van der Waals surface area contributed by atoms with Gasteiger partial charge in [0.2, 0.25) is 11.8 Å². The number of hydrogen-bond donors (Lipinski definition) is 8. The lowest BCUT2D eigenvalue weighted by Crippen LogP contribution is -2.43. The zero-order chi connectivity index (χ0) is 41.3. The molecule has 0 spiro atoms. The third kappa shape index (κ3) is 9.68. The number of carbonyl (C=O) groups excluding carboxylic acids is 5. The van der Waals surface area contributed by atoms with Gasteiger partial charge in [-0.25, -0.2) is 4.79 Å². The number of phenols is 2. The van der Waals surface area contributed by atoms with Crippen molar-refractivity contribution in [1.29, 1.82) is 5.26 Å². The molecule has 8 N–H and O–H groups in total. The van der Waals surface area contributed by atoms with Gasteiger partial charge in [-0.2, -0.15) is 5.26 Å². The van der Waals surface area contributed by atoms with Gasteiger partial charge in [-0.3, -0.25) is 24.0 Å². The van der Waals surface area contributed by atoms with Crippen LogP contribution < -0.4 is 36.1 Å². The minimum Gasteiger partial charge on any atom is -0.504 e. The first-order valence-electron chi connectivity index (χ1n) is 16.6. The third-order valence-corrected chi connectivity index (χ3v) is 8.06. The average molecular weight is 767 g/mol. The molecule has 1 unspecified atom stereocenters. The summed E-state index contributed by atoms with van der Waals surface area (Å²) >= 11 is 0. The molecule has 0 bridgehead atoms. The minimum atomic E-state index is -1.42. The maximum Gasteiger partial charge on any atom is 0.339 e. The highest BCUT2D eigenvalue weighted by atomic mass is 16.5. The number of aromatic carboxylic acids is 1. The van der Waals surface area contributed by atoms with E-state index in [1.165, 1.54) is 61.7 Å². The monoisotopic (exact) mass is 766 g/mol. The number of carbonyl (C=O) groups is 6. The summed E-state index contributed by atoms with van der Waals surface area (Å²) in [6, 6.07) is 17.0. The lowest BCUT2D eigenvalue weighted by molar-refractivity contribution is -0.123. The van der Waals surface area contributed by atoms with Crippen LogP contribution in [0.5, 0.6) is 23.0 Å². The van der Waals surface area contributed by atoms with Crippen LogP contribution >= 0.6 is 0 Å². The maximum absolute atomic E-state index is 13.1. The summed E-state index contributed by atoms with van der Waals surface area (Å²) in [5.41, 5.74) is -0.439. The normalized spacial score (nSPS) is 11.2. The summed E-state index contributed by atoms with van der Waals surface area (Å²) in [6.45, 7) is 5.29. The van der Waals surface area contributed by atoms with Crippen LogP contribution in [0.15, 0.2) is 72.8 Å². The molecule has 56 heavy (non-hydrogen) atoms. The van der Waals surface area contributed by atoms with E-state index in [1.807, 2.05) is 6.07 Å². The van der Waals surface area contributed by atoms with Crippen LogP contribution in [0.25, 0.3) is 0 Å². The van der Waals surface area contributed by atoms with Crippen molar-refractivity contribution >= 4 is 58.3 Å². The van der Waals surface area contributed by atoms with E-state index in [2.05, 4.69) is 26.6 Å². The Bertz CT molecular complexity index is 2220. The van der Waals surface area contributed by atoms with E-state index < -0.39 is 58.1 Å². The van der Waals surface area contributed by atoms with Crippen molar-refractivity contribution in [2.45, 2.75) is 33.2 Å². The second-order valence-electron chi connectivity index (χ2n) is 13.0. The molecule has 4 aromatic carbocycles. The molecule has 0 aliphatic rings. The molecule has 290 valence electrons. The van der Waals surface area contributed by atoms with Crippen molar-refractivity contribution in [3.8, 4) is 29.1 Å². The number of rotatable bonds is 13. The van der Waals surface area contributed by atoms with Gasteiger partial charge < -0.3 is 51.4 Å². The fraction of sp³-hybridized carbons (Fsp3) is 0.205. The molecule has 0 heterocycles. The Kier molecular flexibility index (Phi) is 12.8. The Morgan fingerprint density at radius 1 is 0.661 bits per heavy atom. The summed E-state index contributed by atoms with van der Waals surface area (Å²) in [5.74, 6) is -6.44. The van der Waals surface area contributed by atoms with Gasteiger partial charge in [0.1, 0.15) is 11.6 Å². The second kappa shape index (κ2) is 17.5. The quantitative estimate of drug-likeness (QED) is 0.0898. The van der Waals surface area contributed by atoms with Gasteiger partial charge in [0, 0.05) is 27.9 Å². The van der Waals surface area contributed by atoms with Crippen LogP contribution in [0.1, 0.15) is 68.6 Å². The van der Waals surface area contributed by atoms with Gasteiger partial charge in [-0.05, 0) is 72.8 Å². The first-order chi connectivity index (χ1) is 26.5. The topological polar surface area (TPSA) is 266 Å². The van der Waals surface area contributed by atoms with Gasteiger partial charge in [-0.1, -0.05) is 20.8 Å². The van der Waals surface area contributed by atoms with Crippen molar-refractivity contribution in [2.24, 2.45) is 5.41 Å². The number of benzene rings is 4. The van der Waals surface area contributed by atoms with Crippen molar-refractivity contribution in [3.05, 3.63) is 95.1 Å². The highest BCUT2D eigenvalue weighted by molar-refractivity contribution is 6.10. The van der Waals surface area contributed by atoms with Gasteiger partial charge in [0.05, 0.1) is 43.6 Å². The van der Waals surface area contributed by atoms with Crippen LogP contribution in [0.3, 0.4) is 0 Å². The summed E-state index contributed by atoms with van der Waals surface area (Å²) in [6.07, 6.45) is -0.343. The summed E-state index contributed by atoms with van der Waals surface area (Å²) in [5, 5.41) is 52.6. The summed E-state index contributed by atoms with van der Waals surface area (Å²) < 4.78 is 10.3. The average Bonchev–Trinajstić information content (AvgIpc) is 3.14. The Balaban J connectivity index is 1.40. The summed E-state index contributed by atoms with van der Waals surface area (Å²) in [7, 11) is 2.36. The molecule has 0 aliphatic carbocycles. The molecular formula is C39H38N6O11. The molecule has 0 saturated carbocycles. The van der Waals surface area contributed by atoms with Crippen LogP contribution in [-0.4, -0.2) is 71.1 Å². The molecule has 0 aliphatic heterocycles. The number of phenolic OH excluding ortho intramolecular Hbond substituents is 1. The Morgan fingerprint density at radius 3 is 1.61 bits per heavy atom. The van der Waals surface area contributed by atoms with Crippen LogP contribution in [0.4, 0.5) is 22.7 Å². The van der Waals surface area contributed by atoms with Crippen LogP contribution in [0, 0.1) is 16.7 Å². The first-order valence-corrected chi connectivity index (χ1v) is 16.6. The number of nitrogens with zero attached hydrogens (tertiary/aromatic N) is 1. The Labute approximate surface area is 320 Å². The molecule has 17 nitrogen and oxygen atoms in total. The molecule has 0 fully saturated rings.